The van der Waals surface area contributed by atoms with Crippen LogP contribution in [0.5, 0.6) is 0 Å². The Kier molecular flexibility index (Phi) is 10.9. The van der Waals surface area contributed by atoms with Crippen molar-refractivity contribution in [2.24, 2.45) is 0 Å². The van der Waals surface area contributed by atoms with Crippen molar-refractivity contribution in [3.05, 3.63) is 21.8 Å². The lowest BCUT2D eigenvalue weighted by molar-refractivity contribution is -0.119. The first-order valence-corrected chi connectivity index (χ1v) is 12.1. The fourth-order valence-electron chi connectivity index (χ4n) is 2.32. The Bertz CT molecular complexity index is 952. The van der Waals surface area contributed by atoms with Gasteiger partial charge < -0.3 is 40.7 Å². The second kappa shape index (κ2) is 14.1. The number of ether oxygens (including phenoxy) is 1. The van der Waals surface area contributed by atoms with E-state index in [2.05, 4.69) is 10.6 Å². The molecule has 6 N–H and O–H groups in total. The lowest BCUT2D eigenvalue weighted by Gasteiger charge is -2.24. The highest BCUT2D eigenvalue weighted by Gasteiger charge is 2.30. The highest BCUT2D eigenvalue weighted by Crippen LogP contribution is 2.36. The molecular formula is C18H24I3N3O8. The quantitative estimate of drug-likeness (QED) is 0.165. The fraction of sp³-hybridized carbons (Fsp3) is 0.500. The summed E-state index contributed by atoms with van der Waals surface area (Å²) in [5.74, 6) is -2.43. The molecule has 0 aliphatic carbocycles. The third kappa shape index (κ3) is 7.84. The van der Waals surface area contributed by atoms with Gasteiger partial charge in [0, 0.05) is 34.9 Å². The Hall–Kier alpha value is -0.380. The SMILES string of the molecule is [2H]C([2H])([2H])N(CC(O)CO)C(=O)c1c(I)c(NC(=O)COC)c(I)c(C(=O)NCC(O)CO)c1I. The maximum atomic E-state index is 13.5. The maximum absolute atomic E-state index is 13.5. The number of nitrogens with zero attached hydrogens (tertiary/aromatic N) is 1. The van der Waals surface area contributed by atoms with Crippen molar-refractivity contribution in [2.75, 3.05) is 52.3 Å². The average Bonchev–Trinajstić information content (AvgIpc) is 2.77. The topological polar surface area (TPSA) is 169 Å². The Morgan fingerprint density at radius 3 is 2.19 bits per heavy atom. The van der Waals surface area contributed by atoms with Crippen molar-refractivity contribution < 1.29 is 43.7 Å². The van der Waals surface area contributed by atoms with E-state index in [1.54, 1.807) is 67.8 Å². The van der Waals surface area contributed by atoms with Gasteiger partial charge >= 0.3 is 0 Å². The third-order valence-electron chi connectivity index (χ3n) is 3.86. The van der Waals surface area contributed by atoms with Crippen LogP contribution in [0.15, 0.2) is 0 Å². The normalized spacial score (nSPS) is 14.6. The van der Waals surface area contributed by atoms with Crippen molar-refractivity contribution in [3.8, 4) is 0 Å². The van der Waals surface area contributed by atoms with Crippen LogP contribution in [-0.4, -0.2) is 102 Å². The van der Waals surface area contributed by atoms with Gasteiger partial charge in [0.15, 0.2) is 0 Å². The lowest BCUT2D eigenvalue weighted by atomic mass is 10.1. The number of hydrogen-bond donors (Lipinski definition) is 6. The monoisotopic (exact) mass is 794 g/mol. The van der Waals surface area contributed by atoms with Crippen LogP contribution in [0.25, 0.3) is 0 Å². The number of anilines is 1. The van der Waals surface area contributed by atoms with Crippen LogP contribution >= 0.6 is 67.8 Å². The molecule has 0 saturated heterocycles. The van der Waals surface area contributed by atoms with Crippen molar-refractivity contribution in [3.63, 3.8) is 0 Å². The molecule has 14 heteroatoms. The number of likely N-dealkylation sites (N-methyl/N-ethyl adjacent to an activating group) is 1. The van der Waals surface area contributed by atoms with Gasteiger partial charge in [-0.3, -0.25) is 14.4 Å². The molecule has 0 radical (unpaired) electrons. The van der Waals surface area contributed by atoms with E-state index in [-0.39, 0.29) is 40.7 Å². The van der Waals surface area contributed by atoms with E-state index in [4.69, 9.17) is 19.1 Å². The molecule has 0 aliphatic heterocycles. The summed E-state index contributed by atoms with van der Waals surface area (Å²) in [6.07, 6.45) is -2.78. The lowest BCUT2D eigenvalue weighted by Crippen LogP contribution is -2.38. The van der Waals surface area contributed by atoms with Gasteiger partial charge in [-0.1, -0.05) is 0 Å². The smallest absolute Gasteiger partial charge is 0.255 e. The first-order chi connectivity index (χ1) is 16.2. The Balaban J connectivity index is 3.77. The van der Waals surface area contributed by atoms with Gasteiger partial charge in [0.25, 0.3) is 11.8 Å². The average molecular weight is 794 g/mol. The highest BCUT2D eigenvalue weighted by molar-refractivity contribution is 14.1. The molecular weight excluding hydrogens is 767 g/mol. The molecule has 2 unspecified atom stereocenters. The van der Waals surface area contributed by atoms with Crippen LogP contribution < -0.4 is 10.6 Å². The molecule has 0 aliphatic rings. The van der Waals surface area contributed by atoms with Crippen molar-refractivity contribution in [2.45, 2.75) is 12.2 Å². The fourth-order valence-corrected chi connectivity index (χ4v) is 6.70. The van der Waals surface area contributed by atoms with Crippen molar-refractivity contribution >= 4 is 91.2 Å². The molecule has 0 saturated carbocycles. The minimum atomic E-state index is -3.00. The highest BCUT2D eigenvalue weighted by atomic mass is 127. The Morgan fingerprint density at radius 2 is 1.66 bits per heavy atom. The summed E-state index contributed by atoms with van der Waals surface area (Å²) in [5.41, 5.74) is -0.257. The van der Waals surface area contributed by atoms with Gasteiger partial charge in [0.2, 0.25) is 5.91 Å². The van der Waals surface area contributed by atoms with Gasteiger partial charge in [-0.15, -0.1) is 0 Å². The Labute approximate surface area is 229 Å². The number of amides is 3. The number of benzene rings is 1. The zero-order valence-electron chi connectivity index (χ0n) is 19.7. The summed E-state index contributed by atoms with van der Waals surface area (Å²) in [6, 6.07) is 0. The second-order valence-electron chi connectivity index (χ2n) is 6.35. The van der Waals surface area contributed by atoms with Crippen molar-refractivity contribution in [1.29, 1.82) is 0 Å². The summed E-state index contributed by atoms with van der Waals surface area (Å²) >= 11 is 5.22. The van der Waals surface area contributed by atoms with Crippen LogP contribution in [0.3, 0.4) is 0 Å². The predicted molar refractivity (Wildman–Crippen MR) is 141 cm³/mol. The van der Waals surface area contributed by atoms with E-state index in [9.17, 15) is 24.6 Å². The van der Waals surface area contributed by atoms with E-state index >= 15 is 0 Å². The Morgan fingerprint density at radius 1 is 1.06 bits per heavy atom. The summed E-state index contributed by atoms with van der Waals surface area (Å²) in [4.78, 5) is 39.1. The summed E-state index contributed by atoms with van der Waals surface area (Å²) in [5, 5.41) is 42.5. The molecule has 1 rings (SSSR count). The van der Waals surface area contributed by atoms with E-state index in [1.807, 2.05) is 0 Å². The standard InChI is InChI=1S/C18H24I3N3O8/c1-24(4-9(28)6-26)18(31)12-13(19)11(17(30)22-3-8(27)5-25)14(20)16(15(12)21)23-10(29)7-32-2/h8-9,25-28H,3-7H2,1-2H3,(H,22,30)(H,23,29)/i1D3. The first-order valence-electron chi connectivity index (χ1n) is 10.4. The molecule has 1 aromatic rings. The molecule has 0 aromatic heterocycles. The maximum Gasteiger partial charge on any atom is 0.255 e. The van der Waals surface area contributed by atoms with E-state index in [1.165, 1.54) is 7.11 Å². The van der Waals surface area contributed by atoms with E-state index in [0.29, 0.717) is 4.90 Å². The molecule has 3 amide bonds. The van der Waals surface area contributed by atoms with Crippen LogP contribution in [0.4, 0.5) is 5.69 Å². The number of aliphatic hydroxyl groups excluding tert-OH is 4. The molecule has 0 spiro atoms. The summed E-state index contributed by atoms with van der Waals surface area (Å²) < 4.78 is 28.4. The molecule has 11 nitrogen and oxygen atoms in total. The van der Waals surface area contributed by atoms with Crippen LogP contribution in [0.2, 0.25) is 0 Å². The minimum Gasteiger partial charge on any atom is -0.394 e. The van der Waals surface area contributed by atoms with Gasteiger partial charge in [-0.25, -0.2) is 0 Å². The van der Waals surface area contributed by atoms with Crippen LogP contribution in [0.1, 0.15) is 24.8 Å². The molecule has 32 heavy (non-hydrogen) atoms. The molecule has 2 atom stereocenters. The number of halogens is 3. The number of hydrogen-bond acceptors (Lipinski definition) is 8. The first kappa shape index (κ1) is 24.7. The number of aliphatic hydroxyl groups is 4. The van der Waals surface area contributed by atoms with E-state index < -0.39 is 56.7 Å². The van der Waals surface area contributed by atoms with Crippen LogP contribution in [0, 0.1) is 10.7 Å². The second-order valence-corrected chi connectivity index (χ2v) is 9.58. The third-order valence-corrected chi connectivity index (χ3v) is 7.09. The minimum absolute atomic E-state index is 0.0508. The zero-order chi connectivity index (χ0) is 27.1. The van der Waals surface area contributed by atoms with Crippen molar-refractivity contribution in [1.82, 2.24) is 10.2 Å². The summed E-state index contributed by atoms with van der Waals surface area (Å²) in [7, 11) is 1.30. The molecule has 0 heterocycles. The van der Waals surface area contributed by atoms with Gasteiger partial charge in [0.1, 0.15) is 6.61 Å². The summed E-state index contributed by atoms with van der Waals surface area (Å²) in [6.45, 7) is -5.78. The number of carbonyl (C=O) groups is 3. The molecule has 1 aromatic carbocycles. The van der Waals surface area contributed by atoms with E-state index in [0.717, 1.165) is 0 Å². The van der Waals surface area contributed by atoms with Crippen LogP contribution in [-0.2, 0) is 9.53 Å². The number of carbonyl (C=O) groups excluding carboxylic acids is 3. The number of nitrogens with one attached hydrogen (secondary N) is 2. The van der Waals surface area contributed by atoms with Gasteiger partial charge in [0.05, 0.1) is 49.4 Å². The van der Waals surface area contributed by atoms with Gasteiger partial charge in [-0.2, -0.15) is 0 Å². The molecule has 180 valence electrons. The largest absolute Gasteiger partial charge is 0.394 e. The number of rotatable bonds is 11. The zero-order valence-corrected chi connectivity index (χ0v) is 23.2. The molecule has 0 fully saturated rings. The van der Waals surface area contributed by atoms with Gasteiger partial charge in [-0.05, 0) is 67.8 Å². The molecule has 0 bridgehead atoms. The predicted octanol–water partition coefficient (Wildman–Crippen LogP) is -0.407. The number of methoxy groups -OCH3 is 1.